The molecule has 3 nitrogen and oxygen atoms in total. The van der Waals surface area contributed by atoms with E-state index < -0.39 is 0 Å². The molecule has 0 bridgehead atoms. The van der Waals surface area contributed by atoms with Gasteiger partial charge in [0.1, 0.15) is 23.0 Å². The summed E-state index contributed by atoms with van der Waals surface area (Å²) in [4.78, 5) is 0. The van der Waals surface area contributed by atoms with Crippen molar-refractivity contribution in [3.05, 3.63) is 96.2 Å². The number of nitrogens with zero attached hydrogens (tertiary/aromatic N) is 3. The quantitative estimate of drug-likeness (QED) is 0.417. The van der Waals surface area contributed by atoms with Crippen LogP contribution < -0.4 is 0 Å². The fourth-order valence-corrected chi connectivity index (χ4v) is 3.53. The summed E-state index contributed by atoms with van der Waals surface area (Å²) in [6.07, 6.45) is 2.01. The van der Waals surface area contributed by atoms with Gasteiger partial charge in [-0.25, -0.2) is 8.78 Å². The Bertz CT molecular complexity index is 1240. The van der Waals surface area contributed by atoms with Gasteiger partial charge in [-0.2, -0.15) is 0 Å². The van der Waals surface area contributed by atoms with E-state index in [0.717, 1.165) is 33.3 Å². The standard InChI is InChI=1S/C23H15F2N3/c24-17-9-5-15(6-10-17)13-28-14-20-22(16-7-11-18(25)12-8-16)26-27-23(20)19-3-1-2-4-21(19)28/h1-12,14H,13H2. The van der Waals surface area contributed by atoms with Gasteiger partial charge in [-0.05, 0) is 48.0 Å². The molecule has 0 spiro atoms. The molecule has 0 N–H and O–H groups in total. The summed E-state index contributed by atoms with van der Waals surface area (Å²) in [7, 11) is 0. The topological polar surface area (TPSA) is 30.7 Å². The van der Waals surface area contributed by atoms with Gasteiger partial charge in [0.2, 0.25) is 0 Å². The zero-order chi connectivity index (χ0) is 19.1. The molecule has 0 saturated heterocycles. The molecule has 5 rings (SSSR count). The molecule has 3 aromatic carbocycles. The molecular weight excluding hydrogens is 356 g/mol. The van der Waals surface area contributed by atoms with Gasteiger partial charge in [0, 0.05) is 29.3 Å². The van der Waals surface area contributed by atoms with Crippen LogP contribution in [0.4, 0.5) is 8.78 Å². The Morgan fingerprint density at radius 2 is 1.36 bits per heavy atom. The molecule has 0 fully saturated rings. The lowest BCUT2D eigenvalue weighted by molar-refractivity contribution is 0.626. The van der Waals surface area contributed by atoms with E-state index in [-0.39, 0.29) is 11.6 Å². The Morgan fingerprint density at radius 3 is 2.11 bits per heavy atom. The number of fused-ring (bicyclic) bond motifs is 3. The van der Waals surface area contributed by atoms with Gasteiger partial charge < -0.3 is 4.57 Å². The molecule has 28 heavy (non-hydrogen) atoms. The molecule has 0 amide bonds. The van der Waals surface area contributed by atoms with Gasteiger partial charge >= 0.3 is 0 Å². The van der Waals surface area contributed by atoms with E-state index in [4.69, 9.17) is 0 Å². The third-order valence-electron chi connectivity index (χ3n) is 4.90. The van der Waals surface area contributed by atoms with Crippen molar-refractivity contribution in [2.24, 2.45) is 0 Å². The van der Waals surface area contributed by atoms with Gasteiger partial charge in [-0.1, -0.05) is 30.3 Å². The summed E-state index contributed by atoms with van der Waals surface area (Å²) in [5.41, 5.74) is 5.25. The first-order valence-electron chi connectivity index (χ1n) is 8.94. The number of aromatic nitrogens is 3. The van der Waals surface area contributed by atoms with Crippen molar-refractivity contribution in [3.8, 4) is 22.5 Å². The second kappa shape index (κ2) is 6.53. The number of halogens is 2. The zero-order valence-electron chi connectivity index (χ0n) is 14.8. The van der Waals surface area contributed by atoms with Crippen molar-refractivity contribution in [2.75, 3.05) is 0 Å². The second-order valence-corrected chi connectivity index (χ2v) is 6.72. The highest BCUT2D eigenvalue weighted by Gasteiger charge is 2.20. The highest BCUT2D eigenvalue weighted by Crippen LogP contribution is 2.36. The lowest BCUT2D eigenvalue weighted by atomic mass is 10.0. The molecule has 0 saturated carbocycles. The van der Waals surface area contributed by atoms with Crippen LogP contribution in [0, 0.1) is 11.6 Å². The van der Waals surface area contributed by atoms with Crippen LogP contribution in [0.5, 0.6) is 0 Å². The van der Waals surface area contributed by atoms with Crippen molar-refractivity contribution >= 4 is 10.9 Å². The largest absolute Gasteiger partial charge is 0.342 e. The van der Waals surface area contributed by atoms with E-state index in [1.807, 2.05) is 30.5 Å². The molecule has 0 radical (unpaired) electrons. The Hall–Kier alpha value is -3.60. The van der Waals surface area contributed by atoms with E-state index in [2.05, 4.69) is 14.8 Å². The van der Waals surface area contributed by atoms with Crippen molar-refractivity contribution in [1.29, 1.82) is 0 Å². The predicted octanol–water partition coefficient (Wildman–Crippen LogP) is 5.53. The van der Waals surface area contributed by atoms with Gasteiger partial charge in [0.15, 0.2) is 0 Å². The highest BCUT2D eigenvalue weighted by atomic mass is 19.1. The average molecular weight is 371 g/mol. The number of hydrogen-bond donors (Lipinski definition) is 0. The molecule has 0 unspecified atom stereocenters. The lowest BCUT2D eigenvalue weighted by Gasteiger charge is -2.15. The van der Waals surface area contributed by atoms with Gasteiger partial charge in [0.05, 0.1) is 5.52 Å². The first kappa shape index (κ1) is 16.6. The molecule has 5 heteroatoms. The zero-order valence-corrected chi connectivity index (χ0v) is 14.8. The molecule has 0 atom stereocenters. The Morgan fingerprint density at radius 1 is 0.714 bits per heavy atom. The van der Waals surface area contributed by atoms with Gasteiger partial charge in [0.25, 0.3) is 0 Å². The molecule has 136 valence electrons. The molecule has 2 heterocycles. The SMILES string of the molecule is Fc1ccc(Cn2cc3c(-c4ccc(F)cc4)nnc-3c3ccccc32)cc1. The van der Waals surface area contributed by atoms with Crippen molar-refractivity contribution in [2.45, 2.75) is 6.54 Å². The molecule has 0 aliphatic carbocycles. The predicted molar refractivity (Wildman–Crippen MR) is 105 cm³/mol. The van der Waals surface area contributed by atoms with E-state index in [1.165, 1.54) is 24.3 Å². The van der Waals surface area contributed by atoms with Crippen LogP contribution in [0.25, 0.3) is 33.4 Å². The van der Waals surface area contributed by atoms with Crippen LogP contribution in [0.2, 0.25) is 0 Å². The van der Waals surface area contributed by atoms with Crippen LogP contribution in [-0.4, -0.2) is 14.8 Å². The summed E-state index contributed by atoms with van der Waals surface area (Å²) in [6.45, 7) is 0.588. The summed E-state index contributed by atoms with van der Waals surface area (Å²) in [5.74, 6) is -0.540. The van der Waals surface area contributed by atoms with Gasteiger partial charge in [-0.15, -0.1) is 10.2 Å². The van der Waals surface area contributed by atoms with E-state index >= 15 is 0 Å². The molecule has 3 aromatic rings. The lowest BCUT2D eigenvalue weighted by Crippen LogP contribution is -2.04. The minimum atomic E-state index is -0.288. The summed E-state index contributed by atoms with van der Waals surface area (Å²) >= 11 is 0. The molecule has 2 aliphatic rings. The first-order chi connectivity index (χ1) is 13.7. The molecule has 2 aliphatic heterocycles. The van der Waals surface area contributed by atoms with Crippen molar-refractivity contribution in [1.82, 2.24) is 14.8 Å². The van der Waals surface area contributed by atoms with Crippen LogP contribution in [-0.2, 0) is 6.54 Å². The Kier molecular flexibility index (Phi) is 3.86. The average Bonchev–Trinajstić information content (AvgIpc) is 3.14. The highest BCUT2D eigenvalue weighted by molar-refractivity contribution is 5.97. The van der Waals surface area contributed by atoms with Crippen LogP contribution in [0.1, 0.15) is 5.56 Å². The maximum Gasteiger partial charge on any atom is 0.123 e. The fraction of sp³-hybridized carbons (Fsp3) is 0.0435. The van der Waals surface area contributed by atoms with Crippen LogP contribution >= 0.6 is 0 Å². The number of rotatable bonds is 3. The normalized spacial score (nSPS) is 11.4. The number of para-hydroxylation sites is 1. The van der Waals surface area contributed by atoms with E-state index in [1.54, 1.807) is 24.3 Å². The Labute approximate surface area is 160 Å². The second-order valence-electron chi connectivity index (χ2n) is 6.72. The Balaban J connectivity index is 1.71. The van der Waals surface area contributed by atoms with E-state index in [0.29, 0.717) is 12.2 Å². The minimum absolute atomic E-state index is 0.253. The summed E-state index contributed by atoms with van der Waals surface area (Å²) in [5, 5.41) is 9.76. The monoisotopic (exact) mass is 371 g/mol. The fourth-order valence-electron chi connectivity index (χ4n) is 3.53. The third kappa shape index (κ3) is 2.81. The van der Waals surface area contributed by atoms with Crippen LogP contribution in [0.15, 0.2) is 79.0 Å². The first-order valence-corrected chi connectivity index (χ1v) is 8.94. The summed E-state index contributed by atoms with van der Waals surface area (Å²) < 4.78 is 28.7. The molecular formula is C23H15F2N3. The number of benzene rings is 3. The van der Waals surface area contributed by atoms with Crippen molar-refractivity contribution < 1.29 is 8.78 Å². The maximum absolute atomic E-state index is 13.3. The van der Waals surface area contributed by atoms with Gasteiger partial charge in [-0.3, -0.25) is 0 Å². The smallest absolute Gasteiger partial charge is 0.123 e. The minimum Gasteiger partial charge on any atom is -0.342 e. The maximum atomic E-state index is 13.3. The summed E-state index contributed by atoms with van der Waals surface area (Å²) in [6, 6.07) is 20.7. The number of hydrogen-bond acceptors (Lipinski definition) is 2. The van der Waals surface area contributed by atoms with Crippen LogP contribution in [0.3, 0.4) is 0 Å². The van der Waals surface area contributed by atoms with E-state index in [9.17, 15) is 8.78 Å². The number of pyridine rings is 1. The molecule has 0 aromatic heterocycles. The van der Waals surface area contributed by atoms with Crippen molar-refractivity contribution in [3.63, 3.8) is 0 Å². The third-order valence-corrected chi connectivity index (χ3v) is 4.90.